The zero-order valence-electron chi connectivity index (χ0n) is 12.4. The van der Waals surface area contributed by atoms with Gasteiger partial charge in [-0.3, -0.25) is 9.88 Å². The first-order valence-electron chi connectivity index (χ1n) is 7.48. The van der Waals surface area contributed by atoms with Crippen LogP contribution < -0.4 is 10.2 Å². The van der Waals surface area contributed by atoms with Gasteiger partial charge in [0.1, 0.15) is 0 Å². The van der Waals surface area contributed by atoms with E-state index in [1.165, 1.54) is 0 Å². The molecule has 0 atom stereocenters. The first-order chi connectivity index (χ1) is 11.3. The zero-order valence-corrected chi connectivity index (χ0v) is 12.4. The van der Waals surface area contributed by atoms with E-state index >= 15 is 0 Å². The smallest absolute Gasteiger partial charge is 0.307 e. The maximum Gasteiger partial charge on any atom is 0.326 e. The maximum atomic E-state index is 12.4. The fourth-order valence-electron chi connectivity index (χ4n) is 2.81. The van der Waals surface area contributed by atoms with E-state index in [0.29, 0.717) is 6.54 Å². The number of carbonyl (C=O) groups is 1. The second-order valence-corrected chi connectivity index (χ2v) is 5.46. The molecule has 2 amide bonds. The third-order valence-corrected chi connectivity index (χ3v) is 4.00. The minimum absolute atomic E-state index is 0.101. The lowest BCUT2D eigenvalue weighted by molar-refractivity contribution is 0.256. The normalized spacial score (nSPS) is 13.4. The summed E-state index contributed by atoms with van der Waals surface area (Å²) in [4.78, 5) is 18.2. The molecule has 0 aliphatic carbocycles. The molecular formula is C19H15N3O. The van der Waals surface area contributed by atoms with Crippen LogP contribution in [0, 0.1) is 0 Å². The van der Waals surface area contributed by atoms with E-state index in [1.807, 2.05) is 60.7 Å². The number of hydrogen-bond acceptors (Lipinski definition) is 2. The third kappa shape index (κ3) is 2.55. The summed E-state index contributed by atoms with van der Waals surface area (Å²) in [5, 5.41) is 2.94. The molecule has 1 aliphatic heterocycles. The summed E-state index contributed by atoms with van der Waals surface area (Å²) in [7, 11) is 0. The molecule has 3 aromatic rings. The highest BCUT2D eigenvalue weighted by Gasteiger charge is 2.23. The number of fused-ring (bicyclic) bond motifs is 1. The van der Waals surface area contributed by atoms with Crippen LogP contribution in [0.3, 0.4) is 0 Å². The number of hydrogen-bond donors (Lipinski definition) is 1. The van der Waals surface area contributed by atoms with Gasteiger partial charge in [0.15, 0.2) is 0 Å². The number of nitrogens with zero attached hydrogens (tertiary/aromatic N) is 2. The van der Waals surface area contributed by atoms with Gasteiger partial charge in [-0.15, -0.1) is 0 Å². The average molecular weight is 301 g/mol. The first kappa shape index (κ1) is 13.5. The monoisotopic (exact) mass is 301 g/mol. The molecule has 1 aliphatic rings. The van der Waals surface area contributed by atoms with Crippen LogP contribution in [0.2, 0.25) is 0 Å². The molecule has 0 unspecified atom stereocenters. The van der Waals surface area contributed by atoms with Crippen LogP contribution in [0.1, 0.15) is 5.56 Å². The molecule has 1 aromatic heterocycles. The highest BCUT2D eigenvalue weighted by Crippen LogP contribution is 2.30. The highest BCUT2D eigenvalue weighted by molar-refractivity contribution is 6.04. The van der Waals surface area contributed by atoms with E-state index in [2.05, 4.69) is 10.3 Å². The molecular weight excluding hydrogens is 286 g/mol. The maximum absolute atomic E-state index is 12.4. The van der Waals surface area contributed by atoms with Crippen molar-refractivity contribution < 1.29 is 4.79 Å². The Morgan fingerprint density at radius 2 is 1.74 bits per heavy atom. The molecule has 0 spiro atoms. The van der Waals surface area contributed by atoms with E-state index < -0.39 is 0 Å². The standard InChI is InChI=1S/C19H15N3O/c23-19-21-18-7-2-1-4-16(18)13-22(19)17-6-3-5-15(12-17)14-8-10-20-11-9-14/h1-12H,13H2,(H,21,23). The minimum Gasteiger partial charge on any atom is -0.307 e. The molecule has 4 nitrogen and oxygen atoms in total. The molecule has 1 N–H and O–H groups in total. The van der Waals surface area contributed by atoms with Crippen molar-refractivity contribution in [3.63, 3.8) is 0 Å². The van der Waals surface area contributed by atoms with Gasteiger partial charge in [-0.1, -0.05) is 30.3 Å². The Hall–Kier alpha value is -3.14. The van der Waals surface area contributed by atoms with Crippen molar-refractivity contribution in [2.45, 2.75) is 6.54 Å². The van der Waals surface area contributed by atoms with E-state index in [9.17, 15) is 4.79 Å². The van der Waals surface area contributed by atoms with Crippen LogP contribution in [-0.4, -0.2) is 11.0 Å². The Morgan fingerprint density at radius 1 is 0.913 bits per heavy atom. The number of nitrogens with one attached hydrogen (secondary N) is 1. The average Bonchev–Trinajstić information content (AvgIpc) is 2.62. The number of carbonyl (C=O) groups excluding carboxylic acids is 1. The Labute approximate surface area is 134 Å². The van der Waals surface area contributed by atoms with Crippen molar-refractivity contribution in [1.82, 2.24) is 4.98 Å². The SMILES string of the molecule is O=C1Nc2ccccc2CN1c1cccc(-c2ccncc2)c1. The van der Waals surface area contributed by atoms with Crippen molar-refractivity contribution in [3.8, 4) is 11.1 Å². The van der Waals surface area contributed by atoms with Crippen molar-refractivity contribution in [2.75, 3.05) is 10.2 Å². The van der Waals surface area contributed by atoms with Crippen LogP contribution in [0.4, 0.5) is 16.2 Å². The molecule has 23 heavy (non-hydrogen) atoms. The van der Waals surface area contributed by atoms with Crippen molar-refractivity contribution >= 4 is 17.4 Å². The van der Waals surface area contributed by atoms with Gasteiger partial charge in [0, 0.05) is 23.8 Å². The lowest BCUT2D eigenvalue weighted by Crippen LogP contribution is -2.38. The molecule has 0 saturated heterocycles. The summed E-state index contributed by atoms with van der Waals surface area (Å²) in [6.07, 6.45) is 3.54. The Balaban J connectivity index is 1.70. The van der Waals surface area contributed by atoms with Gasteiger partial charge in [0.2, 0.25) is 0 Å². The highest BCUT2D eigenvalue weighted by atomic mass is 16.2. The van der Waals surface area contributed by atoms with Gasteiger partial charge in [-0.25, -0.2) is 4.79 Å². The van der Waals surface area contributed by atoms with Crippen LogP contribution in [0.25, 0.3) is 11.1 Å². The van der Waals surface area contributed by atoms with E-state index in [4.69, 9.17) is 0 Å². The fourth-order valence-corrected chi connectivity index (χ4v) is 2.81. The number of urea groups is 1. The lowest BCUT2D eigenvalue weighted by atomic mass is 10.1. The van der Waals surface area contributed by atoms with E-state index in [0.717, 1.165) is 28.1 Å². The summed E-state index contributed by atoms with van der Waals surface area (Å²) in [5.41, 5.74) is 5.03. The van der Waals surface area contributed by atoms with Crippen molar-refractivity contribution in [3.05, 3.63) is 78.6 Å². The minimum atomic E-state index is -0.101. The van der Waals surface area contributed by atoms with Gasteiger partial charge in [0.25, 0.3) is 0 Å². The fraction of sp³-hybridized carbons (Fsp3) is 0.0526. The number of pyridine rings is 1. The number of anilines is 2. The zero-order chi connectivity index (χ0) is 15.6. The van der Waals surface area contributed by atoms with Crippen LogP contribution in [0.5, 0.6) is 0 Å². The second kappa shape index (κ2) is 5.57. The lowest BCUT2D eigenvalue weighted by Gasteiger charge is -2.29. The van der Waals surface area contributed by atoms with Crippen LogP contribution >= 0.6 is 0 Å². The third-order valence-electron chi connectivity index (χ3n) is 4.00. The second-order valence-electron chi connectivity index (χ2n) is 5.46. The van der Waals surface area contributed by atoms with Crippen molar-refractivity contribution in [2.24, 2.45) is 0 Å². The number of rotatable bonds is 2. The Kier molecular flexibility index (Phi) is 3.27. The summed E-state index contributed by atoms with van der Waals surface area (Å²) in [6, 6.07) is 19.7. The van der Waals surface area contributed by atoms with Gasteiger partial charge in [-0.2, -0.15) is 0 Å². The Bertz CT molecular complexity index is 861. The molecule has 0 bridgehead atoms. The molecule has 0 radical (unpaired) electrons. The van der Waals surface area contributed by atoms with E-state index in [-0.39, 0.29) is 6.03 Å². The first-order valence-corrected chi connectivity index (χ1v) is 7.48. The van der Waals surface area contributed by atoms with Crippen LogP contribution in [-0.2, 0) is 6.54 Å². The van der Waals surface area contributed by atoms with Gasteiger partial charge in [0.05, 0.1) is 6.54 Å². The number of para-hydroxylation sites is 1. The molecule has 4 heteroatoms. The molecule has 0 saturated carbocycles. The van der Waals surface area contributed by atoms with Gasteiger partial charge < -0.3 is 5.32 Å². The van der Waals surface area contributed by atoms with Crippen LogP contribution in [0.15, 0.2) is 73.1 Å². The van der Waals surface area contributed by atoms with Gasteiger partial charge >= 0.3 is 6.03 Å². The molecule has 2 heterocycles. The number of aromatic nitrogens is 1. The predicted molar refractivity (Wildman–Crippen MR) is 91.3 cm³/mol. The Morgan fingerprint density at radius 3 is 2.61 bits per heavy atom. The van der Waals surface area contributed by atoms with E-state index in [1.54, 1.807) is 17.3 Å². The number of benzene rings is 2. The molecule has 4 rings (SSSR count). The van der Waals surface area contributed by atoms with Gasteiger partial charge in [-0.05, 0) is 47.0 Å². The topological polar surface area (TPSA) is 45.2 Å². The molecule has 2 aromatic carbocycles. The quantitative estimate of drug-likeness (QED) is 0.767. The largest absolute Gasteiger partial charge is 0.326 e. The number of amides is 2. The predicted octanol–water partition coefficient (Wildman–Crippen LogP) is 4.30. The summed E-state index contributed by atoms with van der Waals surface area (Å²) in [5.74, 6) is 0. The molecule has 0 fully saturated rings. The molecule has 112 valence electrons. The summed E-state index contributed by atoms with van der Waals surface area (Å²) < 4.78 is 0. The summed E-state index contributed by atoms with van der Waals surface area (Å²) >= 11 is 0. The summed E-state index contributed by atoms with van der Waals surface area (Å²) in [6.45, 7) is 0.571. The van der Waals surface area contributed by atoms with Crippen molar-refractivity contribution in [1.29, 1.82) is 0 Å².